The Morgan fingerprint density at radius 3 is 2.25 bits per heavy atom. The number of hydrogen-bond acceptors (Lipinski definition) is 12. The number of anilines is 1. The van der Waals surface area contributed by atoms with Gasteiger partial charge in [-0.3, -0.25) is 29.5 Å². The number of nitrogens with zero attached hydrogens (tertiary/aromatic N) is 3. The van der Waals surface area contributed by atoms with E-state index in [1.54, 1.807) is 56.2 Å². The van der Waals surface area contributed by atoms with Crippen LogP contribution < -0.4 is 9.64 Å². The molecule has 0 spiro atoms. The Labute approximate surface area is 327 Å². The zero-order chi connectivity index (χ0) is 40.1. The van der Waals surface area contributed by atoms with E-state index in [1.165, 1.54) is 44.0 Å². The molecule has 13 nitrogen and oxygen atoms in total. The Morgan fingerprint density at radius 1 is 0.893 bits per heavy atom. The van der Waals surface area contributed by atoms with Gasteiger partial charge in [0.15, 0.2) is 6.10 Å². The highest BCUT2D eigenvalue weighted by atomic mass is 32.2. The number of ether oxygens (including phenoxy) is 4. The summed E-state index contributed by atoms with van der Waals surface area (Å²) in [6.45, 7) is 4.57. The molecule has 2 aliphatic rings. The fraction of sp³-hybridized carbons (Fsp3) is 0.262. The minimum Gasteiger partial charge on any atom is -0.497 e. The summed E-state index contributed by atoms with van der Waals surface area (Å²) in [4.78, 5) is 71.5. The van der Waals surface area contributed by atoms with E-state index in [1.807, 2.05) is 48.5 Å². The molecule has 1 amide bonds. The van der Waals surface area contributed by atoms with E-state index in [2.05, 4.69) is 4.99 Å². The fourth-order valence-corrected chi connectivity index (χ4v) is 8.27. The van der Waals surface area contributed by atoms with Gasteiger partial charge in [0.05, 0.1) is 42.2 Å². The summed E-state index contributed by atoms with van der Waals surface area (Å²) >= 11 is 1.44. The van der Waals surface area contributed by atoms with Crippen molar-refractivity contribution in [2.24, 2.45) is 10.9 Å². The Kier molecular flexibility index (Phi) is 12.0. The molecule has 4 aromatic rings. The molecule has 56 heavy (non-hydrogen) atoms. The van der Waals surface area contributed by atoms with Crippen LogP contribution in [0, 0.1) is 16.0 Å². The van der Waals surface area contributed by atoms with Crippen LogP contribution in [0.2, 0.25) is 0 Å². The highest BCUT2D eigenvalue weighted by molar-refractivity contribution is 7.99. The van der Waals surface area contributed by atoms with Gasteiger partial charge in [-0.15, -0.1) is 11.8 Å². The minimum atomic E-state index is -1.12. The molecule has 0 aliphatic carbocycles. The summed E-state index contributed by atoms with van der Waals surface area (Å²) in [5.41, 5.74) is 3.86. The molecule has 2 aliphatic heterocycles. The third kappa shape index (κ3) is 8.35. The van der Waals surface area contributed by atoms with Crippen LogP contribution in [0.15, 0.2) is 118 Å². The van der Waals surface area contributed by atoms with Crippen molar-refractivity contribution in [3.63, 3.8) is 0 Å². The number of amides is 1. The third-order valence-corrected chi connectivity index (χ3v) is 11.0. The molecule has 0 saturated carbocycles. The Hall–Kier alpha value is -6.28. The molecule has 2 unspecified atom stereocenters. The molecule has 6 rings (SSSR count). The van der Waals surface area contributed by atoms with Gasteiger partial charge in [0.25, 0.3) is 11.6 Å². The molecule has 0 saturated heterocycles. The molecule has 4 atom stereocenters. The average molecular weight is 778 g/mol. The summed E-state index contributed by atoms with van der Waals surface area (Å²) in [5.74, 6) is -3.63. The minimum absolute atomic E-state index is 0.0922. The molecule has 288 valence electrons. The van der Waals surface area contributed by atoms with Crippen LogP contribution >= 0.6 is 11.8 Å². The second-order valence-corrected chi connectivity index (χ2v) is 14.4. The summed E-state index contributed by atoms with van der Waals surface area (Å²) in [5, 5.41) is 11.1. The van der Waals surface area contributed by atoms with Gasteiger partial charge in [-0.1, -0.05) is 60.7 Å². The number of allylic oxidation sites excluding steroid dienone is 1. The number of nitro benzene ring substituents is 1. The van der Waals surface area contributed by atoms with E-state index in [0.717, 1.165) is 16.0 Å². The molecule has 2 heterocycles. The number of nitro groups is 1. The Balaban J connectivity index is 1.23. The molecule has 14 heteroatoms. The van der Waals surface area contributed by atoms with Gasteiger partial charge in [0.2, 0.25) is 0 Å². The predicted octanol–water partition coefficient (Wildman–Crippen LogP) is 7.28. The number of methoxy groups -OCH3 is 2. The van der Waals surface area contributed by atoms with E-state index in [0.29, 0.717) is 34.0 Å². The van der Waals surface area contributed by atoms with Gasteiger partial charge >= 0.3 is 17.9 Å². The maximum atomic E-state index is 14.3. The van der Waals surface area contributed by atoms with Crippen molar-refractivity contribution < 1.29 is 43.0 Å². The van der Waals surface area contributed by atoms with Crippen molar-refractivity contribution in [1.82, 2.24) is 0 Å². The molecular weight excluding hydrogens is 739 g/mol. The third-order valence-electron chi connectivity index (χ3n) is 9.61. The van der Waals surface area contributed by atoms with Crippen LogP contribution in [-0.2, 0) is 46.5 Å². The van der Waals surface area contributed by atoms with E-state index in [4.69, 9.17) is 18.9 Å². The number of aliphatic imine (C=N–C) groups is 1. The second kappa shape index (κ2) is 17.0. The van der Waals surface area contributed by atoms with E-state index in [-0.39, 0.29) is 30.3 Å². The lowest BCUT2D eigenvalue weighted by molar-refractivity contribution is -0.384. The number of benzene rings is 4. The van der Waals surface area contributed by atoms with Crippen molar-refractivity contribution in [2.45, 2.75) is 56.1 Å². The highest BCUT2D eigenvalue weighted by Gasteiger charge is 2.43. The second-order valence-electron chi connectivity index (χ2n) is 13.2. The highest BCUT2D eigenvalue weighted by Crippen LogP contribution is 2.47. The number of para-hydroxylation sites is 1. The molecular formula is C42H39N3O10S. The lowest BCUT2D eigenvalue weighted by Gasteiger charge is -2.31. The summed E-state index contributed by atoms with van der Waals surface area (Å²) < 4.78 is 21.9. The van der Waals surface area contributed by atoms with E-state index < -0.39 is 46.0 Å². The van der Waals surface area contributed by atoms with Crippen LogP contribution in [0.25, 0.3) is 0 Å². The number of fused-ring (bicyclic) bond motifs is 1. The van der Waals surface area contributed by atoms with E-state index >= 15 is 0 Å². The van der Waals surface area contributed by atoms with Gasteiger partial charge in [-0.25, -0.2) is 4.79 Å². The number of carbonyl (C=O) groups excluding carboxylic acids is 4. The number of rotatable bonds is 11. The van der Waals surface area contributed by atoms with Crippen LogP contribution in [0.3, 0.4) is 0 Å². The summed E-state index contributed by atoms with van der Waals surface area (Å²) in [6.07, 6.45) is -1.12. The first-order valence-corrected chi connectivity index (χ1v) is 18.5. The number of non-ortho nitro benzene ring substituents is 1. The number of carbonyl (C=O) groups is 4. The molecule has 0 radical (unpaired) electrons. The van der Waals surface area contributed by atoms with Crippen LogP contribution in [0.4, 0.5) is 11.4 Å². The van der Waals surface area contributed by atoms with Gasteiger partial charge < -0.3 is 23.8 Å². The normalized spacial score (nSPS) is 19.3. The summed E-state index contributed by atoms with van der Waals surface area (Å²) in [7, 11) is 2.80. The zero-order valence-corrected chi connectivity index (χ0v) is 32.1. The maximum absolute atomic E-state index is 14.3. The van der Waals surface area contributed by atoms with Crippen molar-refractivity contribution in [1.29, 1.82) is 0 Å². The molecule has 0 aromatic heterocycles. The maximum Gasteiger partial charge on any atom is 0.336 e. The van der Waals surface area contributed by atoms with Gasteiger partial charge in [-0.2, -0.15) is 0 Å². The molecule has 0 N–H and O–H groups in total. The average Bonchev–Trinajstić information content (AvgIpc) is 3.30. The van der Waals surface area contributed by atoms with Gasteiger partial charge in [0, 0.05) is 41.3 Å². The van der Waals surface area contributed by atoms with Crippen LogP contribution in [0.1, 0.15) is 54.2 Å². The number of thioether (sulfide) groups is 1. The quantitative estimate of drug-likeness (QED) is 0.0651. The van der Waals surface area contributed by atoms with Crippen molar-refractivity contribution >= 4 is 52.7 Å². The molecule has 0 bridgehead atoms. The van der Waals surface area contributed by atoms with Crippen molar-refractivity contribution in [2.75, 3.05) is 19.1 Å². The molecule has 4 aromatic carbocycles. The first-order chi connectivity index (χ1) is 26.9. The number of esters is 3. The monoisotopic (exact) mass is 777 g/mol. The van der Waals surface area contributed by atoms with Crippen molar-refractivity contribution in [3.8, 4) is 5.75 Å². The standard InChI is InChI=1S/C42H39N3O10S/c1-24-35(41(48)53-5)37(30-9-8-10-31(21-30)45(50)51)36(25(2)43-24)42(49)54-23-28-15-13-27(14-16-28)22-44-33-11-6-7-12-34(33)56-39(38(40(44)47)55-26(3)46)29-17-19-32(52-4)20-18-29/h6-21,35,37-39H,22-23H2,1-5H3/t35?,37?,38-,39+/m1/s1. The fourth-order valence-electron chi connectivity index (χ4n) is 6.95. The molecule has 0 fully saturated rings. The van der Waals surface area contributed by atoms with Gasteiger partial charge in [0.1, 0.15) is 18.3 Å². The first kappa shape index (κ1) is 39.4. The number of hydrogen-bond donors (Lipinski definition) is 0. The first-order valence-electron chi connectivity index (χ1n) is 17.6. The van der Waals surface area contributed by atoms with Crippen molar-refractivity contribution in [3.05, 3.63) is 141 Å². The van der Waals surface area contributed by atoms with Gasteiger partial charge in [-0.05, 0) is 60.4 Å². The smallest absolute Gasteiger partial charge is 0.336 e. The van der Waals surface area contributed by atoms with Crippen LogP contribution in [-0.4, -0.2) is 54.8 Å². The van der Waals surface area contributed by atoms with Crippen LogP contribution in [0.5, 0.6) is 5.75 Å². The largest absolute Gasteiger partial charge is 0.497 e. The van der Waals surface area contributed by atoms with E-state index in [9.17, 15) is 29.3 Å². The predicted molar refractivity (Wildman–Crippen MR) is 208 cm³/mol. The zero-order valence-electron chi connectivity index (χ0n) is 31.3. The topological polar surface area (TPSA) is 164 Å². The summed E-state index contributed by atoms with van der Waals surface area (Å²) in [6, 6.07) is 27.8. The Bertz CT molecular complexity index is 2240. The lowest BCUT2D eigenvalue weighted by Crippen LogP contribution is -2.42. The lowest BCUT2D eigenvalue weighted by atomic mass is 9.75. The Morgan fingerprint density at radius 2 is 1.59 bits per heavy atom. The SMILES string of the molecule is COC(=O)C1C(C)=NC(C)=C(C(=O)OCc2ccc(CN3C(=O)[C@H](OC(C)=O)[C@H](c4ccc(OC)cc4)Sc4ccccc43)cc2)C1c1cccc([N+](=O)[O-])c1.